The molecule has 0 heterocycles. The van der Waals surface area contributed by atoms with Crippen LogP contribution in [-0.4, -0.2) is 23.4 Å². The number of hydrogen-bond donors (Lipinski definition) is 2. The third kappa shape index (κ3) is 5.27. The maximum atomic E-state index is 12.5. The van der Waals surface area contributed by atoms with Crippen LogP contribution in [0.2, 0.25) is 0 Å². The summed E-state index contributed by atoms with van der Waals surface area (Å²) in [6.45, 7) is -0.0158. The van der Waals surface area contributed by atoms with Crippen molar-refractivity contribution in [3.8, 4) is 0 Å². The molecule has 6 nitrogen and oxygen atoms in total. The fourth-order valence-corrected chi connectivity index (χ4v) is 3.63. The summed E-state index contributed by atoms with van der Waals surface area (Å²) in [5, 5.41) is 4.98. The Hall–Kier alpha value is -1.95. The third-order valence-electron chi connectivity index (χ3n) is 3.45. The fraction of sp³-hybridized carbons (Fsp3) is 0.200. The first-order chi connectivity index (χ1) is 11.9. The molecule has 26 heavy (non-hydrogen) atoms. The number of rotatable bonds is 6. The molecule has 2 aromatic rings. The summed E-state index contributed by atoms with van der Waals surface area (Å²) in [7, 11) is -7.76. The molecule has 0 radical (unpaired) electrons. The summed E-state index contributed by atoms with van der Waals surface area (Å²) in [4.78, 5) is -0.346. The largest absolute Gasteiger partial charge is 0.416 e. The Balaban J connectivity index is 2.00. The number of halogens is 3. The Labute approximate surface area is 148 Å². The van der Waals surface area contributed by atoms with Gasteiger partial charge in [0, 0.05) is 6.54 Å². The first-order valence-electron chi connectivity index (χ1n) is 7.18. The van der Waals surface area contributed by atoms with Crippen molar-refractivity contribution in [1.29, 1.82) is 0 Å². The zero-order valence-corrected chi connectivity index (χ0v) is 14.8. The molecule has 0 aromatic heterocycles. The summed E-state index contributed by atoms with van der Waals surface area (Å²) in [5.74, 6) is 0. The number of alkyl halides is 3. The van der Waals surface area contributed by atoms with Crippen molar-refractivity contribution in [3.63, 3.8) is 0 Å². The molecule has 0 bridgehead atoms. The van der Waals surface area contributed by atoms with E-state index in [4.69, 9.17) is 5.14 Å². The van der Waals surface area contributed by atoms with Crippen LogP contribution < -0.4 is 9.86 Å². The van der Waals surface area contributed by atoms with Crippen LogP contribution in [0.25, 0.3) is 0 Å². The Bertz CT molecular complexity index is 969. The van der Waals surface area contributed by atoms with E-state index in [-0.39, 0.29) is 22.8 Å². The van der Waals surface area contributed by atoms with Crippen LogP contribution in [0.4, 0.5) is 13.2 Å². The van der Waals surface area contributed by atoms with Gasteiger partial charge in [0.15, 0.2) is 0 Å². The SMILES string of the molecule is NS(=O)(=O)c1ccc(CCNS(=O)(=O)c2ccc(C(F)(F)F)cc2)cc1. The van der Waals surface area contributed by atoms with E-state index >= 15 is 0 Å². The van der Waals surface area contributed by atoms with Crippen LogP contribution in [0.1, 0.15) is 11.1 Å². The van der Waals surface area contributed by atoms with Crippen molar-refractivity contribution in [2.45, 2.75) is 22.4 Å². The molecule has 0 amide bonds. The highest BCUT2D eigenvalue weighted by atomic mass is 32.2. The molecule has 2 aromatic carbocycles. The van der Waals surface area contributed by atoms with Gasteiger partial charge in [-0.3, -0.25) is 0 Å². The summed E-state index contributed by atoms with van der Waals surface area (Å²) < 4.78 is 86.2. The lowest BCUT2D eigenvalue weighted by Gasteiger charge is -2.09. The van der Waals surface area contributed by atoms with E-state index in [0.29, 0.717) is 17.7 Å². The van der Waals surface area contributed by atoms with Crippen LogP contribution in [0.3, 0.4) is 0 Å². The lowest BCUT2D eigenvalue weighted by atomic mass is 10.2. The monoisotopic (exact) mass is 408 g/mol. The van der Waals surface area contributed by atoms with Gasteiger partial charge in [0.1, 0.15) is 0 Å². The molecular weight excluding hydrogens is 393 g/mol. The lowest BCUT2D eigenvalue weighted by Crippen LogP contribution is -2.26. The lowest BCUT2D eigenvalue weighted by molar-refractivity contribution is -0.137. The zero-order valence-electron chi connectivity index (χ0n) is 13.2. The average molecular weight is 408 g/mol. The molecule has 0 saturated carbocycles. The fourth-order valence-electron chi connectivity index (χ4n) is 2.08. The van der Waals surface area contributed by atoms with Crippen molar-refractivity contribution < 1.29 is 30.0 Å². The smallest absolute Gasteiger partial charge is 0.225 e. The predicted molar refractivity (Wildman–Crippen MR) is 88.2 cm³/mol. The summed E-state index contributed by atoms with van der Waals surface area (Å²) in [5.41, 5.74) is -0.279. The standard InChI is InChI=1S/C15H15F3N2O4S2/c16-15(17,18)12-3-7-14(8-4-12)26(23,24)20-10-9-11-1-5-13(6-2-11)25(19,21)22/h1-8,20H,9-10H2,(H2,19,21,22). The highest BCUT2D eigenvalue weighted by Gasteiger charge is 2.30. The van der Waals surface area contributed by atoms with Crippen molar-refractivity contribution in [1.82, 2.24) is 4.72 Å². The first kappa shape index (κ1) is 20.4. The molecule has 0 aliphatic carbocycles. The van der Waals surface area contributed by atoms with Gasteiger partial charge in [-0.25, -0.2) is 26.7 Å². The van der Waals surface area contributed by atoms with E-state index < -0.39 is 31.8 Å². The van der Waals surface area contributed by atoms with Crippen molar-refractivity contribution in [2.24, 2.45) is 5.14 Å². The van der Waals surface area contributed by atoms with E-state index in [1.807, 2.05) is 0 Å². The van der Waals surface area contributed by atoms with Crippen LogP contribution in [0.5, 0.6) is 0 Å². The van der Waals surface area contributed by atoms with Crippen molar-refractivity contribution in [2.75, 3.05) is 6.54 Å². The second-order valence-electron chi connectivity index (χ2n) is 5.36. The van der Waals surface area contributed by atoms with Crippen LogP contribution in [0.15, 0.2) is 58.3 Å². The van der Waals surface area contributed by atoms with Gasteiger partial charge in [-0.05, 0) is 48.4 Å². The minimum absolute atomic E-state index is 0.0158. The Kier molecular flexibility index (Phi) is 5.76. The molecule has 11 heteroatoms. The van der Waals surface area contributed by atoms with Crippen molar-refractivity contribution in [3.05, 3.63) is 59.7 Å². The maximum absolute atomic E-state index is 12.5. The molecule has 0 fully saturated rings. The minimum Gasteiger partial charge on any atom is -0.225 e. The Morgan fingerprint density at radius 3 is 1.81 bits per heavy atom. The minimum atomic E-state index is -4.54. The molecule has 0 aliphatic heterocycles. The first-order valence-corrected chi connectivity index (χ1v) is 10.2. The molecular formula is C15H15F3N2O4S2. The van der Waals surface area contributed by atoms with Gasteiger partial charge in [-0.2, -0.15) is 13.2 Å². The number of nitrogens with one attached hydrogen (secondary N) is 1. The molecule has 0 spiro atoms. The second-order valence-corrected chi connectivity index (χ2v) is 8.69. The summed E-state index contributed by atoms with van der Waals surface area (Å²) in [6, 6.07) is 8.74. The van der Waals surface area contributed by atoms with Gasteiger partial charge in [0.2, 0.25) is 20.0 Å². The molecule has 142 valence electrons. The van der Waals surface area contributed by atoms with Crippen LogP contribution in [-0.2, 0) is 32.6 Å². The van der Waals surface area contributed by atoms with Gasteiger partial charge in [0.05, 0.1) is 15.4 Å². The van der Waals surface area contributed by atoms with E-state index in [1.54, 1.807) is 0 Å². The van der Waals surface area contributed by atoms with E-state index in [2.05, 4.69) is 4.72 Å². The summed E-state index contributed by atoms with van der Waals surface area (Å²) >= 11 is 0. The highest BCUT2D eigenvalue weighted by Crippen LogP contribution is 2.29. The molecule has 0 aliphatic rings. The molecule has 3 N–H and O–H groups in total. The van der Waals surface area contributed by atoms with Gasteiger partial charge in [-0.15, -0.1) is 0 Å². The Morgan fingerprint density at radius 1 is 0.846 bits per heavy atom. The van der Waals surface area contributed by atoms with E-state index in [9.17, 15) is 30.0 Å². The topological polar surface area (TPSA) is 106 Å². The third-order valence-corrected chi connectivity index (χ3v) is 5.86. The molecule has 0 unspecified atom stereocenters. The quantitative estimate of drug-likeness (QED) is 0.761. The number of nitrogens with two attached hydrogens (primary N) is 1. The normalized spacial score (nSPS) is 12.9. The van der Waals surface area contributed by atoms with E-state index in [1.165, 1.54) is 24.3 Å². The number of hydrogen-bond acceptors (Lipinski definition) is 4. The number of benzene rings is 2. The van der Waals surface area contributed by atoms with Gasteiger partial charge < -0.3 is 0 Å². The number of primary sulfonamides is 1. The van der Waals surface area contributed by atoms with Gasteiger partial charge in [0.25, 0.3) is 0 Å². The zero-order chi connectivity index (χ0) is 19.6. The number of sulfonamides is 2. The highest BCUT2D eigenvalue weighted by molar-refractivity contribution is 7.89. The van der Waals surface area contributed by atoms with Crippen LogP contribution >= 0.6 is 0 Å². The van der Waals surface area contributed by atoms with Crippen molar-refractivity contribution >= 4 is 20.0 Å². The van der Waals surface area contributed by atoms with E-state index in [0.717, 1.165) is 12.1 Å². The Morgan fingerprint density at radius 2 is 1.35 bits per heavy atom. The molecule has 2 rings (SSSR count). The maximum Gasteiger partial charge on any atom is 0.416 e. The predicted octanol–water partition coefficient (Wildman–Crippen LogP) is 1.87. The second kappa shape index (κ2) is 7.35. The average Bonchev–Trinajstić information content (AvgIpc) is 2.54. The van der Waals surface area contributed by atoms with Crippen LogP contribution in [0, 0.1) is 0 Å². The summed E-state index contributed by atoms with van der Waals surface area (Å²) in [6.07, 6.45) is -4.29. The van der Waals surface area contributed by atoms with Gasteiger partial charge >= 0.3 is 6.18 Å². The van der Waals surface area contributed by atoms with Gasteiger partial charge in [-0.1, -0.05) is 12.1 Å². The molecule has 0 atom stereocenters. The molecule has 0 saturated heterocycles.